The molecule has 2 heterocycles. The predicted molar refractivity (Wildman–Crippen MR) is 297 cm³/mol. The molecule has 0 aliphatic heterocycles. The molecule has 0 fully saturated rings. The molecule has 4 nitrogen and oxygen atoms in total. The number of rotatable bonds is 11. The Morgan fingerprint density at radius 1 is 0.153 bits per heavy atom. The molecule has 0 saturated heterocycles. The molecule has 2 aromatic heterocycles. The van der Waals surface area contributed by atoms with Crippen LogP contribution in [0.1, 0.15) is 0 Å². The van der Waals surface area contributed by atoms with Crippen LogP contribution in [-0.4, -0.2) is 19.9 Å². The Balaban J connectivity index is 1.04. The Morgan fingerprint density at radius 3 is 0.722 bits per heavy atom. The molecule has 0 aliphatic carbocycles. The van der Waals surface area contributed by atoms with E-state index in [2.05, 4.69) is 267 Å². The summed E-state index contributed by atoms with van der Waals surface area (Å²) in [6.45, 7) is 0. The van der Waals surface area contributed by atoms with Crippen LogP contribution in [-0.2, 0) is 0 Å². The van der Waals surface area contributed by atoms with Crippen LogP contribution in [0.25, 0.3) is 123 Å². The first-order valence-corrected chi connectivity index (χ1v) is 24.3. The molecule has 10 aromatic carbocycles. The molecule has 72 heavy (non-hydrogen) atoms. The lowest BCUT2D eigenvalue weighted by molar-refractivity contribution is 1.07. The van der Waals surface area contributed by atoms with E-state index in [-0.39, 0.29) is 0 Å². The molecule has 0 spiro atoms. The first-order valence-electron chi connectivity index (χ1n) is 24.3. The van der Waals surface area contributed by atoms with Crippen molar-refractivity contribution >= 4 is 0 Å². The lowest BCUT2D eigenvalue weighted by Gasteiger charge is -2.23. The molecule has 0 atom stereocenters. The van der Waals surface area contributed by atoms with Gasteiger partial charge < -0.3 is 0 Å². The van der Waals surface area contributed by atoms with Crippen LogP contribution in [0.3, 0.4) is 0 Å². The van der Waals surface area contributed by atoms with Gasteiger partial charge in [-0.25, -0.2) is 19.9 Å². The fourth-order valence-corrected chi connectivity index (χ4v) is 9.65. The summed E-state index contributed by atoms with van der Waals surface area (Å²) in [6.07, 6.45) is 0. The summed E-state index contributed by atoms with van der Waals surface area (Å²) in [4.78, 5) is 21.4. The third kappa shape index (κ3) is 8.93. The van der Waals surface area contributed by atoms with Gasteiger partial charge >= 0.3 is 0 Å². The number of pyridine rings is 1. The number of hydrogen-bond acceptors (Lipinski definition) is 4. The van der Waals surface area contributed by atoms with E-state index in [0.717, 1.165) is 106 Å². The lowest BCUT2D eigenvalue weighted by Crippen LogP contribution is -2.01. The van der Waals surface area contributed by atoms with Crippen LogP contribution in [0.5, 0.6) is 0 Å². The van der Waals surface area contributed by atoms with Crippen molar-refractivity contribution in [3.05, 3.63) is 279 Å². The lowest BCUT2D eigenvalue weighted by atomic mass is 9.82. The smallest absolute Gasteiger partial charge is 0.164 e. The quantitative estimate of drug-likeness (QED) is 0.130. The Hall–Kier alpha value is -9.64. The summed E-state index contributed by atoms with van der Waals surface area (Å²) in [6, 6.07) is 97.8. The standard InChI is InChI=1S/C68H46N4/c1-7-23-47(24-8-1)53-35-20-40-58(44-53)66-70-67(59-41-21-36-54(45-59)48-25-9-2-10-26-48)72-68(71-66)60-42-22-38-56(46-60)55-37-19-39-57(43-55)61-62(49-27-11-3-12-28-49)64(51-31-15-5-16-32-51)69-65(52-33-17-6-18-34-52)63(61)50-29-13-4-14-30-50/h1-46H. The summed E-state index contributed by atoms with van der Waals surface area (Å²) in [7, 11) is 0. The number of aromatic nitrogens is 4. The van der Waals surface area contributed by atoms with Gasteiger partial charge in [-0.1, -0.05) is 255 Å². The summed E-state index contributed by atoms with van der Waals surface area (Å²) in [5.41, 5.74) is 19.7. The van der Waals surface area contributed by atoms with Crippen molar-refractivity contribution in [3.8, 4) is 123 Å². The normalized spacial score (nSPS) is 11.1. The topological polar surface area (TPSA) is 51.6 Å². The van der Waals surface area contributed by atoms with Crippen LogP contribution >= 0.6 is 0 Å². The van der Waals surface area contributed by atoms with Crippen LogP contribution in [0.4, 0.5) is 0 Å². The highest BCUT2D eigenvalue weighted by Crippen LogP contribution is 2.49. The maximum Gasteiger partial charge on any atom is 0.164 e. The van der Waals surface area contributed by atoms with E-state index in [4.69, 9.17) is 19.9 Å². The molecule has 12 aromatic rings. The molecular weight excluding hydrogens is 873 g/mol. The summed E-state index contributed by atoms with van der Waals surface area (Å²) < 4.78 is 0. The van der Waals surface area contributed by atoms with E-state index in [1.54, 1.807) is 0 Å². The van der Waals surface area contributed by atoms with E-state index >= 15 is 0 Å². The minimum atomic E-state index is 0.593. The van der Waals surface area contributed by atoms with E-state index in [0.29, 0.717) is 17.5 Å². The van der Waals surface area contributed by atoms with Crippen molar-refractivity contribution in [1.82, 2.24) is 19.9 Å². The van der Waals surface area contributed by atoms with Crippen LogP contribution in [0.2, 0.25) is 0 Å². The zero-order valence-corrected chi connectivity index (χ0v) is 39.3. The predicted octanol–water partition coefficient (Wildman–Crippen LogP) is 17.6. The van der Waals surface area contributed by atoms with Crippen molar-refractivity contribution in [1.29, 1.82) is 0 Å². The molecular formula is C68H46N4. The molecule has 0 saturated carbocycles. The average molecular weight is 919 g/mol. The largest absolute Gasteiger partial charge is 0.246 e. The maximum atomic E-state index is 5.66. The van der Waals surface area contributed by atoms with E-state index < -0.39 is 0 Å². The molecule has 0 N–H and O–H groups in total. The highest BCUT2D eigenvalue weighted by Gasteiger charge is 2.25. The third-order valence-electron chi connectivity index (χ3n) is 13.1. The molecule has 4 heteroatoms. The summed E-state index contributed by atoms with van der Waals surface area (Å²) in [5.74, 6) is 1.80. The van der Waals surface area contributed by atoms with Crippen molar-refractivity contribution in [2.45, 2.75) is 0 Å². The van der Waals surface area contributed by atoms with Gasteiger partial charge in [-0.05, 0) is 74.3 Å². The van der Waals surface area contributed by atoms with Crippen molar-refractivity contribution in [3.63, 3.8) is 0 Å². The molecule has 0 aliphatic rings. The number of benzene rings is 10. The first-order chi connectivity index (χ1) is 35.7. The minimum Gasteiger partial charge on any atom is -0.246 e. The van der Waals surface area contributed by atoms with E-state index in [1.165, 1.54) is 0 Å². The van der Waals surface area contributed by atoms with E-state index in [9.17, 15) is 0 Å². The Labute approximate surface area is 420 Å². The second kappa shape index (κ2) is 19.8. The first kappa shape index (κ1) is 43.6. The SMILES string of the molecule is c1ccc(-c2cccc(-c3nc(-c4cccc(-c5ccccc5)c4)nc(-c4cccc(-c5cccc(-c6c(-c7ccccc7)c(-c7ccccc7)nc(-c7ccccc7)c6-c6ccccc6)c5)c4)n3)c2)cc1. The number of hydrogen-bond donors (Lipinski definition) is 0. The van der Waals surface area contributed by atoms with Gasteiger partial charge in [-0.3, -0.25) is 0 Å². The average Bonchev–Trinajstić information content (AvgIpc) is 3.48. The van der Waals surface area contributed by atoms with Crippen molar-refractivity contribution in [2.75, 3.05) is 0 Å². The van der Waals surface area contributed by atoms with Crippen LogP contribution in [0, 0.1) is 0 Å². The summed E-state index contributed by atoms with van der Waals surface area (Å²) in [5, 5.41) is 0. The van der Waals surface area contributed by atoms with Crippen molar-refractivity contribution < 1.29 is 0 Å². The highest BCUT2D eigenvalue weighted by atomic mass is 15.0. The fraction of sp³-hybridized carbons (Fsp3) is 0. The number of nitrogens with zero attached hydrogens (tertiary/aromatic N) is 4. The molecule has 0 amide bonds. The second-order valence-corrected chi connectivity index (χ2v) is 17.8. The van der Waals surface area contributed by atoms with Crippen LogP contribution in [0.15, 0.2) is 279 Å². The third-order valence-corrected chi connectivity index (χ3v) is 13.1. The van der Waals surface area contributed by atoms with Gasteiger partial charge in [0.2, 0.25) is 0 Å². The van der Waals surface area contributed by atoms with Gasteiger partial charge in [0.05, 0.1) is 11.4 Å². The van der Waals surface area contributed by atoms with Gasteiger partial charge in [-0.15, -0.1) is 0 Å². The Morgan fingerprint density at radius 2 is 0.389 bits per heavy atom. The van der Waals surface area contributed by atoms with Gasteiger partial charge in [0.1, 0.15) is 0 Å². The van der Waals surface area contributed by atoms with Gasteiger partial charge in [0, 0.05) is 44.5 Å². The molecule has 0 bridgehead atoms. The molecule has 338 valence electrons. The van der Waals surface area contributed by atoms with Gasteiger partial charge in [-0.2, -0.15) is 0 Å². The monoisotopic (exact) mass is 918 g/mol. The Bertz CT molecular complexity index is 3620. The fourth-order valence-electron chi connectivity index (χ4n) is 9.65. The van der Waals surface area contributed by atoms with Gasteiger partial charge in [0.15, 0.2) is 17.5 Å². The van der Waals surface area contributed by atoms with Gasteiger partial charge in [0.25, 0.3) is 0 Å². The minimum absolute atomic E-state index is 0.593. The van der Waals surface area contributed by atoms with Crippen LogP contribution < -0.4 is 0 Å². The Kier molecular flexibility index (Phi) is 12.0. The molecule has 0 radical (unpaired) electrons. The zero-order chi connectivity index (χ0) is 48.1. The molecule has 0 unspecified atom stereocenters. The summed E-state index contributed by atoms with van der Waals surface area (Å²) >= 11 is 0. The highest BCUT2D eigenvalue weighted by molar-refractivity contribution is 6.05. The van der Waals surface area contributed by atoms with Crippen molar-refractivity contribution in [2.24, 2.45) is 0 Å². The zero-order valence-electron chi connectivity index (χ0n) is 39.3. The second-order valence-electron chi connectivity index (χ2n) is 17.8. The molecule has 12 rings (SSSR count). The maximum absolute atomic E-state index is 5.66. The van der Waals surface area contributed by atoms with E-state index in [1.807, 2.05) is 12.1 Å².